The van der Waals surface area contributed by atoms with Crippen molar-refractivity contribution in [2.24, 2.45) is 0 Å². The molecule has 0 spiro atoms. The van der Waals surface area contributed by atoms with Crippen LogP contribution in [0.1, 0.15) is 33.3 Å². The molecule has 30 heavy (non-hydrogen) atoms. The lowest BCUT2D eigenvalue weighted by molar-refractivity contribution is -0.247. The zero-order valence-electron chi connectivity index (χ0n) is 17.6. The lowest BCUT2D eigenvalue weighted by Crippen LogP contribution is -2.60. The van der Waals surface area contributed by atoms with Crippen LogP contribution in [0.25, 0.3) is 0 Å². The van der Waals surface area contributed by atoms with Gasteiger partial charge in [0.25, 0.3) is 0 Å². The van der Waals surface area contributed by atoms with Gasteiger partial charge in [-0.25, -0.2) is 4.79 Å². The maximum atomic E-state index is 12.3. The molecule has 9 heteroatoms. The highest BCUT2D eigenvalue weighted by molar-refractivity contribution is 5.67. The average Bonchev–Trinajstić information content (AvgIpc) is 3.28. The standard InChI is InChI=1S/C21H29NO8/c1-19(2)26-11-14(28-19)15-21(24,16-17(27-15)30-20(3,4)29-16)12-22-18(23)25-10-13-8-6-5-7-9-13/h5-9,14-17,24H,10-12H2,1-4H3,(H,22,23)/t14-,15+,16+,17-,21-/m1/s1. The van der Waals surface area contributed by atoms with Crippen molar-refractivity contribution >= 4 is 6.09 Å². The number of rotatable bonds is 5. The van der Waals surface area contributed by atoms with E-state index in [1.54, 1.807) is 27.7 Å². The topological polar surface area (TPSA) is 105 Å². The lowest BCUT2D eigenvalue weighted by atomic mass is 9.89. The van der Waals surface area contributed by atoms with Gasteiger partial charge >= 0.3 is 6.09 Å². The summed E-state index contributed by atoms with van der Waals surface area (Å²) < 4.78 is 34.4. The number of nitrogens with one attached hydrogen (secondary N) is 1. The minimum absolute atomic E-state index is 0.123. The highest BCUT2D eigenvalue weighted by atomic mass is 16.8. The van der Waals surface area contributed by atoms with Gasteiger partial charge in [0.05, 0.1) is 13.2 Å². The minimum Gasteiger partial charge on any atom is -0.445 e. The van der Waals surface area contributed by atoms with Crippen LogP contribution in [0, 0.1) is 0 Å². The van der Waals surface area contributed by atoms with Crippen LogP contribution in [0.2, 0.25) is 0 Å². The Bertz CT molecular complexity index is 770. The van der Waals surface area contributed by atoms with Gasteiger partial charge in [0, 0.05) is 0 Å². The molecule has 0 aliphatic carbocycles. The second kappa shape index (κ2) is 7.74. The summed E-state index contributed by atoms with van der Waals surface area (Å²) >= 11 is 0. The van der Waals surface area contributed by atoms with Crippen molar-refractivity contribution in [2.45, 2.75) is 76.1 Å². The van der Waals surface area contributed by atoms with Gasteiger partial charge in [0.1, 0.15) is 30.5 Å². The molecule has 4 rings (SSSR count). The van der Waals surface area contributed by atoms with Crippen LogP contribution in [-0.4, -0.2) is 66.1 Å². The molecule has 0 unspecified atom stereocenters. The van der Waals surface area contributed by atoms with E-state index < -0.39 is 47.9 Å². The zero-order valence-corrected chi connectivity index (χ0v) is 17.6. The second-order valence-corrected chi connectivity index (χ2v) is 8.75. The van der Waals surface area contributed by atoms with E-state index in [2.05, 4.69) is 5.32 Å². The monoisotopic (exact) mass is 423 g/mol. The molecule has 3 aliphatic rings. The molecular formula is C21H29NO8. The third-order valence-corrected chi connectivity index (χ3v) is 5.42. The van der Waals surface area contributed by atoms with Gasteiger partial charge in [-0.05, 0) is 33.3 Å². The SMILES string of the molecule is CC1(C)OC[C@H]([C@@H]2O[C@@H]3OC(C)(C)O[C@@H]3[C@@]2(O)CNC(=O)OCc2ccccc2)O1. The van der Waals surface area contributed by atoms with Crippen molar-refractivity contribution in [2.75, 3.05) is 13.2 Å². The molecule has 5 atom stereocenters. The number of amides is 1. The van der Waals surface area contributed by atoms with E-state index in [4.69, 9.17) is 28.4 Å². The molecular weight excluding hydrogens is 394 g/mol. The van der Waals surface area contributed by atoms with E-state index in [1.807, 2.05) is 30.3 Å². The fourth-order valence-electron chi connectivity index (χ4n) is 4.05. The molecule has 3 heterocycles. The summed E-state index contributed by atoms with van der Waals surface area (Å²) in [6, 6.07) is 9.33. The van der Waals surface area contributed by atoms with Crippen LogP contribution in [0.5, 0.6) is 0 Å². The van der Waals surface area contributed by atoms with Crippen molar-refractivity contribution in [3.8, 4) is 0 Å². The first-order chi connectivity index (χ1) is 14.1. The predicted octanol–water partition coefficient (Wildman–Crippen LogP) is 1.67. The van der Waals surface area contributed by atoms with Gasteiger partial charge in [0.2, 0.25) is 0 Å². The maximum absolute atomic E-state index is 12.3. The van der Waals surface area contributed by atoms with E-state index >= 15 is 0 Å². The average molecular weight is 423 g/mol. The molecule has 0 aromatic heterocycles. The number of benzene rings is 1. The molecule has 0 saturated carbocycles. The fourth-order valence-corrected chi connectivity index (χ4v) is 4.05. The Kier molecular flexibility index (Phi) is 5.54. The van der Waals surface area contributed by atoms with Gasteiger partial charge < -0.3 is 38.8 Å². The Hall–Kier alpha value is -1.75. The van der Waals surface area contributed by atoms with Gasteiger partial charge in [-0.15, -0.1) is 0 Å². The first-order valence-electron chi connectivity index (χ1n) is 10.1. The highest BCUT2D eigenvalue weighted by Gasteiger charge is 2.66. The van der Waals surface area contributed by atoms with Gasteiger partial charge in [-0.1, -0.05) is 30.3 Å². The van der Waals surface area contributed by atoms with Gasteiger partial charge in [0.15, 0.2) is 17.9 Å². The number of ether oxygens (including phenoxy) is 6. The number of carbonyl (C=O) groups excluding carboxylic acids is 1. The number of hydrogen-bond acceptors (Lipinski definition) is 8. The predicted molar refractivity (Wildman–Crippen MR) is 103 cm³/mol. The normalized spacial score (nSPS) is 36.4. The van der Waals surface area contributed by atoms with E-state index in [9.17, 15) is 9.90 Å². The Morgan fingerprint density at radius 2 is 1.83 bits per heavy atom. The molecule has 3 saturated heterocycles. The highest BCUT2D eigenvalue weighted by Crippen LogP contribution is 2.45. The number of alkyl carbamates (subject to hydrolysis) is 1. The summed E-state index contributed by atoms with van der Waals surface area (Å²) in [6.45, 7) is 7.26. The number of hydrogen-bond donors (Lipinski definition) is 2. The molecule has 0 bridgehead atoms. The number of aliphatic hydroxyl groups is 1. The Labute approximate surface area is 175 Å². The zero-order chi connectivity index (χ0) is 21.6. The van der Waals surface area contributed by atoms with Crippen LogP contribution in [0.15, 0.2) is 30.3 Å². The molecule has 1 aromatic carbocycles. The molecule has 2 N–H and O–H groups in total. The number of carbonyl (C=O) groups is 1. The molecule has 1 aromatic rings. The van der Waals surface area contributed by atoms with Crippen molar-refractivity contribution in [1.82, 2.24) is 5.32 Å². The minimum atomic E-state index is -1.60. The van der Waals surface area contributed by atoms with Gasteiger partial charge in [-0.2, -0.15) is 0 Å². The van der Waals surface area contributed by atoms with E-state index in [1.165, 1.54) is 0 Å². The Morgan fingerprint density at radius 1 is 1.10 bits per heavy atom. The Balaban J connectivity index is 1.43. The summed E-state index contributed by atoms with van der Waals surface area (Å²) in [6.07, 6.45) is -3.62. The first kappa shape index (κ1) is 21.5. The third kappa shape index (κ3) is 4.32. The summed E-state index contributed by atoms with van der Waals surface area (Å²) in [4.78, 5) is 12.3. The van der Waals surface area contributed by atoms with Crippen molar-refractivity contribution in [3.63, 3.8) is 0 Å². The summed E-state index contributed by atoms with van der Waals surface area (Å²) in [5.74, 6) is -1.72. The smallest absolute Gasteiger partial charge is 0.407 e. The van der Waals surface area contributed by atoms with Crippen molar-refractivity contribution in [3.05, 3.63) is 35.9 Å². The van der Waals surface area contributed by atoms with E-state index in [0.717, 1.165) is 5.56 Å². The fraction of sp³-hybridized carbons (Fsp3) is 0.667. The summed E-state index contributed by atoms with van der Waals surface area (Å²) in [5.41, 5.74) is -0.736. The van der Waals surface area contributed by atoms with Crippen LogP contribution < -0.4 is 5.32 Å². The molecule has 166 valence electrons. The molecule has 1 amide bonds. The van der Waals surface area contributed by atoms with Gasteiger partial charge in [-0.3, -0.25) is 0 Å². The largest absolute Gasteiger partial charge is 0.445 e. The molecule has 9 nitrogen and oxygen atoms in total. The van der Waals surface area contributed by atoms with Crippen LogP contribution >= 0.6 is 0 Å². The second-order valence-electron chi connectivity index (χ2n) is 8.75. The van der Waals surface area contributed by atoms with E-state index in [-0.39, 0.29) is 19.8 Å². The number of fused-ring (bicyclic) bond motifs is 1. The van der Waals surface area contributed by atoms with Crippen LogP contribution in [-0.2, 0) is 35.0 Å². The quantitative estimate of drug-likeness (QED) is 0.737. The maximum Gasteiger partial charge on any atom is 0.407 e. The van der Waals surface area contributed by atoms with Crippen molar-refractivity contribution < 1.29 is 38.3 Å². The first-order valence-corrected chi connectivity index (χ1v) is 10.1. The summed E-state index contributed by atoms with van der Waals surface area (Å²) in [7, 11) is 0. The van der Waals surface area contributed by atoms with Crippen LogP contribution in [0.3, 0.4) is 0 Å². The molecule has 3 aliphatic heterocycles. The third-order valence-electron chi connectivity index (χ3n) is 5.42. The molecule has 3 fully saturated rings. The lowest BCUT2D eigenvalue weighted by Gasteiger charge is -2.35. The van der Waals surface area contributed by atoms with E-state index in [0.29, 0.717) is 0 Å². The van der Waals surface area contributed by atoms with Crippen molar-refractivity contribution in [1.29, 1.82) is 0 Å². The summed E-state index contributed by atoms with van der Waals surface area (Å²) in [5, 5.41) is 14.2. The Morgan fingerprint density at radius 3 is 2.50 bits per heavy atom. The molecule has 0 radical (unpaired) electrons. The van der Waals surface area contributed by atoms with Crippen LogP contribution in [0.4, 0.5) is 4.79 Å².